The van der Waals surface area contributed by atoms with Crippen molar-refractivity contribution in [2.24, 2.45) is 5.92 Å². The molecule has 0 bridgehead atoms. The van der Waals surface area contributed by atoms with Gasteiger partial charge in [0.15, 0.2) is 0 Å². The Morgan fingerprint density at radius 2 is 1.70 bits per heavy atom. The third-order valence-corrected chi connectivity index (χ3v) is 2.19. The summed E-state index contributed by atoms with van der Waals surface area (Å²) in [6.45, 7) is 3.51. The van der Waals surface area contributed by atoms with E-state index in [9.17, 15) is 34.8 Å². The van der Waals surface area contributed by atoms with Crippen LogP contribution in [0.15, 0.2) is 0 Å². The zero-order chi connectivity index (χ0) is 15.2. The van der Waals surface area contributed by atoms with Gasteiger partial charge in [-0.3, -0.25) is 4.79 Å². The molecule has 20 heavy (non-hydrogen) atoms. The Bertz CT molecular complexity index is 356. The Kier molecular flexibility index (Phi) is 10.1. The standard InChI is InChI=1S/C11H18O8.Na/c1-6(2)3-8(14)19-9(15)5-11(18,10(16)17)4-7(12)13;/h6,8,14,18H,3-5H2,1-2H3,(H,12,13)(H,16,17);/q;+1/p-2. The van der Waals surface area contributed by atoms with Gasteiger partial charge in [-0.15, -0.1) is 0 Å². The molecule has 0 rings (SSSR count). The minimum atomic E-state index is -2.92. The molecule has 0 aliphatic carbocycles. The van der Waals surface area contributed by atoms with E-state index in [0.29, 0.717) is 0 Å². The zero-order valence-electron chi connectivity index (χ0n) is 11.6. The van der Waals surface area contributed by atoms with Crippen molar-refractivity contribution in [3.63, 3.8) is 0 Å². The van der Waals surface area contributed by atoms with Crippen LogP contribution in [0, 0.1) is 5.92 Å². The van der Waals surface area contributed by atoms with Crippen molar-refractivity contribution in [1.29, 1.82) is 0 Å². The van der Waals surface area contributed by atoms with Crippen LogP contribution in [0.4, 0.5) is 0 Å². The van der Waals surface area contributed by atoms with Gasteiger partial charge in [0, 0.05) is 18.8 Å². The van der Waals surface area contributed by atoms with Crippen molar-refractivity contribution in [2.45, 2.75) is 45.0 Å². The van der Waals surface area contributed by atoms with Gasteiger partial charge >= 0.3 is 35.5 Å². The first-order valence-corrected chi connectivity index (χ1v) is 5.58. The normalized spacial score (nSPS) is 14.8. The predicted molar refractivity (Wildman–Crippen MR) is 55.8 cm³/mol. The van der Waals surface area contributed by atoms with Crippen LogP contribution in [0.3, 0.4) is 0 Å². The predicted octanol–water partition coefficient (Wildman–Crippen LogP) is -6.09. The van der Waals surface area contributed by atoms with Crippen LogP contribution in [0.2, 0.25) is 0 Å². The summed E-state index contributed by atoms with van der Waals surface area (Å²) in [6, 6.07) is 0. The van der Waals surface area contributed by atoms with Gasteiger partial charge in [-0.05, 0) is 5.92 Å². The maximum Gasteiger partial charge on any atom is 1.00 e. The van der Waals surface area contributed by atoms with Gasteiger partial charge in [-0.25, -0.2) is 0 Å². The molecule has 9 heteroatoms. The Morgan fingerprint density at radius 1 is 1.20 bits per heavy atom. The van der Waals surface area contributed by atoms with Gasteiger partial charge in [0.25, 0.3) is 0 Å². The van der Waals surface area contributed by atoms with Crippen molar-refractivity contribution in [3.05, 3.63) is 0 Å². The first-order valence-electron chi connectivity index (χ1n) is 5.58. The number of aliphatic hydroxyl groups is 2. The smallest absolute Gasteiger partial charge is 0.550 e. The van der Waals surface area contributed by atoms with E-state index in [1.165, 1.54) is 0 Å². The summed E-state index contributed by atoms with van der Waals surface area (Å²) in [5.41, 5.74) is -2.92. The molecule has 0 amide bonds. The van der Waals surface area contributed by atoms with Gasteiger partial charge in [-0.1, -0.05) is 13.8 Å². The number of rotatable bonds is 8. The molecule has 0 radical (unpaired) electrons. The Hall–Kier alpha value is -0.670. The fraction of sp³-hybridized carbons (Fsp3) is 0.727. The number of hydrogen-bond acceptors (Lipinski definition) is 8. The molecule has 0 aromatic heterocycles. The molecule has 0 spiro atoms. The molecule has 0 aromatic rings. The van der Waals surface area contributed by atoms with Crippen molar-refractivity contribution < 1.29 is 69.1 Å². The van der Waals surface area contributed by atoms with E-state index in [0.717, 1.165) is 0 Å². The molecule has 0 aromatic carbocycles. The number of esters is 1. The second-order valence-electron chi connectivity index (χ2n) is 4.62. The molecule has 0 aliphatic rings. The van der Waals surface area contributed by atoms with Crippen LogP contribution in [0.1, 0.15) is 33.1 Å². The number of hydrogen-bond donors (Lipinski definition) is 2. The van der Waals surface area contributed by atoms with Gasteiger partial charge in [0.05, 0.1) is 12.4 Å². The number of carboxylic acids is 2. The molecule has 0 saturated carbocycles. The third-order valence-electron chi connectivity index (χ3n) is 2.19. The molecule has 0 aliphatic heterocycles. The van der Waals surface area contributed by atoms with Crippen molar-refractivity contribution in [2.75, 3.05) is 0 Å². The average Bonchev–Trinajstić information content (AvgIpc) is 2.12. The van der Waals surface area contributed by atoms with E-state index >= 15 is 0 Å². The monoisotopic (exact) mass is 299 g/mol. The zero-order valence-corrected chi connectivity index (χ0v) is 13.6. The molecule has 2 unspecified atom stereocenters. The fourth-order valence-corrected chi connectivity index (χ4v) is 1.33. The average molecular weight is 299 g/mol. The molecular formula is C11H16NaO8-. The molecule has 0 saturated heterocycles. The first kappa shape index (κ1) is 21.6. The Balaban J connectivity index is 0. The first-order chi connectivity index (χ1) is 8.56. The Morgan fingerprint density at radius 3 is 2.05 bits per heavy atom. The number of aliphatic carboxylic acids is 2. The SMILES string of the molecule is CC(C)CC(O)OC(=O)CC(O)(CC(=O)[O-])C(=O)[O-].[Na+]. The number of ether oxygens (including phenoxy) is 1. The molecule has 8 nitrogen and oxygen atoms in total. The topological polar surface area (TPSA) is 147 Å². The largest absolute Gasteiger partial charge is 1.00 e. The summed E-state index contributed by atoms with van der Waals surface area (Å²) in [5.74, 6) is -5.22. The number of carbonyl (C=O) groups is 3. The van der Waals surface area contributed by atoms with E-state index in [1.807, 2.05) is 0 Å². The summed E-state index contributed by atoms with van der Waals surface area (Å²) in [5, 5.41) is 39.7. The van der Waals surface area contributed by atoms with E-state index in [4.69, 9.17) is 0 Å². The molecular weight excluding hydrogens is 283 g/mol. The summed E-state index contributed by atoms with van der Waals surface area (Å²) >= 11 is 0. The summed E-state index contributed by atoms with van der Waals surface area (Å²) in [4.78, 5) is 32.2. The van der Waals surface area contributed by atoms with Crippen LogP contribution < -0.4 is 39.8 Å². The van der Waals surface area contributed by atoms with Crippen LogP contribution in [-0.2, 0) is 19.1 Å². The van der Waals surface area contributed by atoms with E-state index in [1.54, 1.807) is 13.8 Å². The van der Waals surface area contributed by atoms with Gasteiger partial charge < -0.3 is 34.8 Å². The minimum absolute atomic E-state index is 0. The molecule has 2 N–H and O–H groups in total. The summed E-state index contributed by atoms with van der Waals surface area (Å²) in [7, 11) is 0. The van der Waals surface area contributed by atoms with E-state index in [2.05, 4.69) is 4.74 Å². The van der Waals surface area contributed by atoms with Crippen molar-refractivity contribution in [1.82, 2.24) is 0 Å². The van der Waals surface area contributed by atoms with Crippen LogP contribution in [0.25, 0.3) is 0 Å². The second kappa shape index (κ2) is 9.30. The minimum Gasteiger partial charge on any atom is -0.550 e. The fourth-order valence-electron chi connectivity index (χ4n) is 1.33. The van der Waals surface area contributed by atoms with Crippen molar-refractivity contribution >= 4 is 17.9 Å². The number of carbonyl (C=O) groups excluding carboxylic acids is 3. The van der Waals surface area contributed by atoms with E-state index in [-0.39, 0.29) is 41.9 Å². The van der Waals surface area contributed by atoms with Crippen LogP contribution >= 0.6 is 0 Å². The molecule has 0 heterocycles. The van der Waals surface area contributed by atoms with Crippen molar-refractivity contribution in [3.8, 4) is 0 Å². The van der Waals surface area contributed by atoms with E-state index < -0.39 is 42.6 Å². The van der Waals surface area contributed by atoms with Gasteiger partial charge in [-0.2, -0.15) is 0 Å². The molecule has 0 fully saturated rings. The Labute approximate surface area is 138 Å². The summed E-state index contributed by atoms with van der Waals surface area (Å²) < 4.78 is 4.44. The maximum absolute atomic E-state index is 11.3. The molecule has 110 valence electrons. The third kappa shape index (κ3) is 8.49. The van der Waals surface area contributed by atoms with Gasteiger partial charge in [0.2, 0.25) is 6.29 Å². The second-order valence-corrected chi connectivity index (χ2v) is 4.62. The quantitative estimate of drug-likeness (QED) is 0.256. The maximum atomic E-state index is 11.3. The van der Waals surface area contributed by atoms with Crippen LogP contribution in [0.5, 0.6) is 0 Å². The molecule has 2 atom stereocenters. The summed E-state index contributed by atoms with van der Waals surface area (Å²) in [6.07, 6.45) is -3.81. The van der Waals surface area contributed by atoms with Crippen LogP contribution in [-0.4, -0.2) is 40.0 Å². The number of carboxylic acid groups (broad SMARTS) is 2. The van der Waals surface area contributed by atoms with Gasteiger partial charge in [0.1, 0.15) is 5.60 Å². The number of aliphatic hydroxyl groups excluding tert-OH is 1.